The molecule has 0 spiro atoms. The molecule has 0 unspecified atom stereocenters. The molecule has 2 rings (SSSR count). The van der Waals surface area contributed by atoms with Crippen molar-refractivity contribution < 1.29 is 36.2 Å². The second-order valence-electron chi connectivity index (χ2n) is 5.00. The minimum absolute atomic E-state index is 0.0453. The van der Waals surface area contributed by atoms with Crippen molar-refractivity contribution in [3.8, 4) is 5.75 Å². The fraction of sp³-hybridized carbons (Fsp3) is 0.500. The summed E-state index contributed by atoms with van der Waals surface area (Å²) in [6, 6.07) is 0. The maximum atomic E-state index is 13.2. The lowest BCUT2D eigenvalue weighted by molar-refractivity contribution is -0.140. The Morgan fingerprint density at radius 1 is 1.38 bits per heavy atom. The Hall–Kier alpha value is -2.26. The first-order valence-corrected chi connectivity index (χ1v) is 6.90. The summed E-state index contributed by atoms with van der Waals surface area (Å²) in [7, 11) is 0. The molecule has 0 N–H and O–H groups in total. The lowest BCUT2D eigenvalue weighted by Gasteiger charge is -2.17. The minimum Gasteiger partial charge on any atom is -0.481 e. The van der Waals surface area contributed by atoms with Crippen molar-refractivity contribution in [3.63, 3.8) is 0 Å². The van der Waals surface area contributed by atoms with Crippen molar-refractivity contribution >= 4 is 17.6 Å². The highest BCUT2D eigenvalue weighted by atomic mass is 19.4. The number of aliphatic imine (C=N–C) groups is 1. The molecule has 0 saturated carbocycles. The van der Waals surface area contributed by atoms with Crippen LogP contribution < -0.4 is 4.74 Å². The maximum Gasteiger partial charge on any atom is 0.435 e. The van der Waals surface area contributed by atoms with Crippen LogP contribution in [-0.4, -0.2) is 23.5 Å². The zero-order valence-electron chi connectivity index (χ0n) is 12.7. The molecular formula is C14H13F5N2O3. The molecule has 1 fully saturated rings. The van der Waals surface area contributed by atoms with Crippen LogP contribution in [0.5, 0.6) is 5.75 Å². The summed E-state index contributed by atoms with van der Waals surface area (Å²) in [4.78, 5) is 17.9. The van der Waals surface area contributed by atoms with E-state index in [-0.39, 0.29) is 11.5 Å². The van der Waals surface area contributed by atoms with Crippen molar-refractivity contribution in [1.29, 1.82) is 0 Å². The van der Waals surface area contributed by atoms with Gasteiger partial charge in [0, 0.05) is 18.9 Å². The Morgan fingerprint density at radius 2 is 2.04 bits per heavy atom. The summed E-state index contributed by atoms with van der Waals surface area (Å²) in [5.41, 5.74) is -3.88. The first-order chi connectivity index (χ1) is 11.1. The van der Waals surface area contributed by atoms with E-state index in [0.29, 0.717) is 19.4 Å². The Labute approximate surface area is 133 Å². The fourth-order valence-corrected chi connectivity index (χ4v) is 2.15. The Bertz CT molecular complexity index is 678. The number of hydrogen-bond donors (Lipinski definition) is 0. The van der Waals surface area contributed by atoms with Gasteiger partial charge in [-0.2, -0.15) is 13.2 Å². The predicted molar refractivity (Wildman–Crippen MR) is 72.5 cm³/mol. The maximum absolute atomic E-state index is 13.2. The summed E-state index contributed by atoms with van der Waals surface area (Å²) in [5, 5.41) is 0. The first kappa shape index (κ1) is 18.1. The number of alkyl halides is 5. The van der Waals surface area contributed by atoms with Gasteiger partial charge in [0.2, 0.25) is 0 Å². The number of aromatic nitrogens is 1. The molecule has 1 aromatic rings. The standard InChI is InChI=1S/C14H13F5N2O3/c1-6-9(20-8-4-3-5-23-8)12(14(17,18)19)21-10(13(15)16)11(6)24-7(2)22/h13H,3-5H2,1-2H3. The van der Waals surface area contributed by atoms with Gasteiger partial charge in [-0.25, -0.2) is 18.8 Å². The Kier molecular flexibility index (Phi) is 5.05. The molecule has 0 amide bonds. The highest BCUT2D eigenvalue weighted by Crippen LogP contribution is 2.44. The molecule has 24 heavy (non-hydrogen) atoms. The van der Waals surface area contributed by atoms with E-state index >= 15 is 0 Å². The van der Waals surface area contributed by atoms with Gasteiger partial charge >= 0.3 is 12.1 Å². The van der Waals surface area contributed by atoms with Gasteiger partial charge in [0.15, 0.2) is 17.3 Å². The van der Waals surface area contributed by atoms with E-state index in [1.165, 1.54) is 0 Å². The van der Waals surface area contributed by atoms with Crippen molar-refractivity contribution in [2.45, 2.75) is 39.3 Å². The molecule has 0 bridgehead atoms. The van der Waals surface area contributed by atoms with Crippen LogP contribution in [0.15, 0.2) is 4.99 Å². The second kappa shape index (κ2) is 6.70. The quantitative estimate of drug-likeness (QED) is 0.607. The van der Waals surface area contributed by atoms with Gasteiger partial charge < -0.3 is 9.47 Å². The minimum atomic E-state index is -5.01. The highest BCUT2D eigenvalue weighted by Gasteiger charge is 2.40. The smallest absolute Gasteiger partial charge is 0.435 e. The molecule has 2 heterocycles. The normalized spacial score (nSPS) is 16.6. The van der Waals surface area contributed by atoms with Gasteiger partial charge in [0.25, 0.3) is 6.43 Å². The van der Waals surface area contributed by atoms with Crippen molar-refractivity contribution in [1.82, 2.24) is 4.98 Å². The predicted octanol–water partition coefficient (Wildman–Crippen LogP) is 4.11. The number of hydrogen-bond acceptors (Lipinski definition) is 5. The highest BCUT2D eigenvalue weighted by molar-refractivity contribution is 5.82. The van der Waals surface area contributed by atoms with Gasteiger partial charge in [-0.15, -0.1) is 0 Å². The number of carbonyl (C=O) groups is 1. The van der Waals surface area contributed by atoms with Crippen LogP contribution in [-0.2, 0) is 15.7 Å². The molecule has 0 atom stereocenters. The lowest BCUT2D eigenvalue weighted by Crippen LogP contribution is -2.15. The van der Waals surface area contributed by atoms with Crippen LogP contribution in [0.4, 0.5) is 27.6 Å². The van der Waals surface area contributed by atoms with E-state index in [0.717, 1.165) is 13.8 Å². The van der Waals surface area contributed by atoms with E-state index in [9.17, 15) is 26.7 Å². The Balaban J connectivity index is 2.73. The summed E-state index contributed by atoms with van der Waals surface area (Å²) < 4.78 is 75.5. The number of ether oxygens (including phenoxy) is 2. The van der Waals surface area contributed by atoms with Gasteiger partial charge in [-0.05, 0) is 13.3 Å². The lowest BCUT2D eigenvalue weighted by atomic mass is 10.1. The third-order valence-electron chi connectivity index (χ3n) is 3.15. The molecule has 1 aliphatic heterocycles. The van der Waals surface area contributed by atoms with Crippen LogP contribution in [0, 0.1) is 6.92 Å². The third kappa shape index (κ3) is 3.80. The van der Waals surface area contributed by atoms with E-state index in [1.54, 1.807) is 0 Å². The molecule has 0 aromatic carbocycles. The average molecular weight is 352 g/mol. The summed E-state index contributed by atoms with van der Waals surface area (Å²) in [6.07, 6.45) is -7.47. The van der Waals surface area contributed by atoms with Crippen molar-refractivity contribution in [3.05, 3.63) is 17.0 Å². The SMILES string of the molecule is CC(=O)Oc1c(C(F)F)nc(C(F)(F)F)c(N=C2CCCO2)c1C. The molecule has 0 radical (unpaired) electrons. The number of rotatable bonds is 3. The summed E-state index contributed by atoms with van der Waals surface area (Å²) >= 11 is 0. The number of esters is 1. The molecule has 0 aliphatic carbocycles. The van der Waals surface area contributed by atoms with Crippen LogP contribution >= 0.6 is 0 Å². The van der Waals surface area contributed by atoms with Crippen LogP contribution in [0.3, 0.4) is 0 Å². The van der Waals surface area contributed by atoms with E-state index in [1.807, 2.05) is 0 Å². The van der Waals surface area contributed by atoms with E-state index < -0.39 is 41.4 Å². The number of halogens is 5. The third-order valence-corrected chi connectivity index (χ3v) is 3.15. The fourth-order valence-electron chi connectivity index (χ4n) is 2.15. The van der Waals surface area contributed by atoms with Crippen LogP contribution in [0.2, 0.25) is 0 Å². The van der Waals surface area contributed by atoms with Crippen LogP contribution in [0.25, 0.3) is 0 Å². The summed E-state index contributed by atoms with van der Waals surface area (Å²) in [5.74, 6) is -1.64. The van der Waals surface area contributed by atoms with Gasteiger partial charge in [-0.3, -0.25) is 4.79 Å². The van der Waals surface area contributed by atoms with Gasteiger partial charge in [0.05, 0.1) is 6.61 Å². The zero-order chi connectivity index (χ0) is 18.1. The average Bonchev–Trinajstić information content (AvgIpc) is 2.94. The second-order valence-corrected chi connectivity index (χ2v) is 5.00. The van der Waals surface area contributed by atoms with E-state index in [2.05, 4.69) is 14.7 Å². The molecule has 10 heteroatoms. The van der Waals surface area contributed by atoms with Crippen LogP contribution in [0.1, 0.15) is 43.1 Å². The van der Waals surface area contributed by atoms with Crippen molar-refractivity contribution in [2.75, 3.05) is 6.61 Å². The zero-order valence-corrected chi connectivity index (χ0v) is 12.7. The monoisotopic (exact) mass is 352 g/mol. The molecule has 1 aliphatic rings. The number of pyridine rings is 1. The molecular weight excluding hydrogens is 339 g/mol. The number of nitrogens with zero attached hydrogens (tertiary/aromatic N) is 2. The molecule has 1 aromatic heterocycles. The number of carbonyl (C=O) groups excluding carboxylic acids is 1. The van der Waals surface area contributed by atoms with Gasteiger partial charge in [0.1, 0.15) is 11.4 Å². The Morgan fingerprint density at radius 3 is 2.50 bits per heavy atom. The topological polar surface area (TPSA) is 60.8 Å². The molecule has 132 valence electrons. The largest absolute Gasteiger partial charge is 0.481 e. The van der Waals surface area contributed by atoms with Crippen molar-refractivity contribution in [2.24, 2.45) is 4.99 Å². The molecule has 5 nitrogen and oxygen atoms in total. The van der Waals surface area contributed by atoms with Gasteiger partial charge in [-0.1, -0.05) is 0 Å². The summed E-state index contributed by atoms with van der Waals surface area (Å²) in [6.45, 7) is 2.35. The van der Waals surface area contributed by atoms with E-state index in [4.69, 9.17) is 4.74 Å². The first-order valence-electron chi connectivity index (χ1n) is 6.90. The molecule has 1 saturated heterocycles.